The smallest absolute Gasteiger partial charge is 0.218 e. The van der Waals surface area contributed by atoms with Crippen molar-refractivity contribution in [2.75, 3.05) is 13.7 Å². The number of unbranched alkanes of at least 4 members (excludes halogenated alkanes) is 2. The summed E-state index contributed by atoms with van der Waals surface area (Å²) in [5.41, 5.74) is 0.724. The van der Waals surface area contributed by atoms with Gasteiger partial charge in [0.1, 0.15) is 6.17 Å². The second-order valence-electron chi connectivity index (χ2n) is 5.30. The summed E-state index contributed by atoms with van der Waals surface area (Å²) < 4.78 is 11.1. The van der Waals surface area contributed by atoms with Crippen LogP contribution in [0.25, 0.3) is 0 Å². The molecule has 0 unspecified atom stereocenters. The van der Waals surface area contributed by atoms with Crippen LogP contribution in [-0.2, 0) is 9.59 Å². The highest BCUT2D eigenvalue weighted by Gasteiger charge is 2.16. The van der Waals surface area contributed by atoms with E-state index in [-0.39, 0.29) is 11.8 Å². The highest BCUT2D eigenvalue weighted by Crippen LogP contribution is 2.30. The first kappa shape index (κ1) is 18.8. The van der Waals surface area contributed by atoms with E-state index in [2.05, 4.69) is 17.6 Å². The van der Waals surface area contributed by atoms with Gasteiger partial charge >= 0.3 is 0 Å². The molecule has 0 radical (unpaired) electrons. The maximum absolute atomic E-state index is 11.3. The monoisotopic (exact) mass is 322 g/mol. The zero-order valence-corrected chi connectivity index (χ0v) is 14.3. The number of carbonyl (C=O) groups is 2. The Morgan fingerprint density at radius 1 is 1.09 bits per heavy atom. The fourth-order valence-corrected chi connectivity index (χ4v) is 2.13. The van der Waals surface area contributed by atoms with Gasteiger partial charge < -0.3 is 20.1 Å². The molecular weight excluding hydrogens is 296 g/mol. The molecule has 0 spiro atoms. The van der Waals surface area contributed by atoms with Crippen LogP contribution in [0.4, 0.5) is 0 Å². The molecule has 0 aliphatic carbocycles. The van der Waals surface area contributed by atoms with Crippen molar-refractivity contribution in [3.8, 4) is 11.5 Å². The Morgan fingerprint density at radius 2 is 1.74 bits per heavy atom. The average Bonchev–Trinajstić information content (AvgIpc) is 2.50. The molecule has 0 fully saturated rings. The summed E-state index contributed by atoms with van der Waals surface area (Å²) >= 11 is 0. The molecule has 2 amide bonds. The summed E-state index contributed by atoms with van der Waals surface area (Å²) in [6.07, 6.45) is 2.58. The van der Waals surface area contributed by atoms with Crippen LogP contribution in [0.1, 0.15) is 51.8 Å². The molecule has 0 atom stereocenters. The minimum atomic E-state index is -0.603. The van der Waals surface area contributed by atoms with Crippen molar-refractivity contribution in [1.29, 1.82) is 0 Å². The normalized spacial score (nSPS) is 10.3. The molecule has 1 rings (SSSR count). The van der Waals surface area contributed by atoms with Crippen molar-refractivity contribution < 1.29 is 19.1 Å². The van der Waals surface area contributed by atoms with Crippen LogP contribution in [0.2, 0.25) is 0 Å². The average molecular weight is 322 g/mol. The van der Waals surface area contributed by atoms with Crippen molar-refractivity contribution in [2.45, 2.75) is 46.2 Å². The Hall–Kier alpha value is -2.24. The van der Waals surface area contributed by atoms with Crippen molar-refractivity contribution >= 4 is 11.8 Å². The summed E-state index contributed by atoms with van der Waals surface area (Å²) in [6, 6.07) is 5.33. The summed E-state index contributed by atoms with van der Waals surface area (Å²) in [4.78, 5) is 22.7. The van der Waals surface area contributed by atoms with E-state index in [4.69, 9.17) is 9.47 Å². The van der Waals surface area contributed by atoms with Crippen LogP contribution in [-0.4, -0.2) is 25.5 Å². The number of nitrogens with one attached hydrogen (secondary N) is 2. The van der Waals surface area contributed by atoms with Crippen LogP contribution < -0.4 is 20.1 Å². The number of hydrogen-bond donors (Lipinski definition) is 2. The lowest BCUT2D eigenvalue weighted by Gasteiger charge is -2.20. The fourth-order valence-electron chi connectivity index (χ4n) is 2.13. The van der Waals surface area contributed by atoms with Crippen LogP contribution >= 0.6 is 0 Å². The number of methoxy groups -OCH3 is 1. The predicted molar refractivity (Wildman–Crippen MR) is 88.4 cm³/mol. The van der Waals surface area contributed by atoms with Gasteiger partial charge in [-0.2, -0.15) is 0 Å². The van der Waals surface area contributed by atoms with Crippen molar-refractivity contribution in [2.24, 2.45) is 0 Å². The molecule has 1 aromatic rings. The quantitative estimate of drug-likeness (QED) is 0.541. The third-order valence-electron chi connectivity index (χ3n) is 3.22. The maximum atomic E-state index is 11.3. The van der Waals surface area contributed by atoms with Crippen molar-refractivity contribution in [3.63, 3.8) is 0 Å². The Kier molecular flexibility index (Phi) is 7.94. The molecule has 0 aliphatic heterocycles. The number of hydrogen-bond acceptors (Lipinski definition) is 4. The first-order valence-electron chi connectivity index (χ1n) is 7.82. The maximum Gasteiger partial charge on any atom is 0.218 e. The summed E-state index contributed by atoms with van der Waals surface area (Å²) in [7, 11) is 1.58. The zero-order valence-electron chi connectivity index (χ0n) is 14.3. The number of amides is 2. The second kappa shape index (κ2) is 9.71. The van der Waals surface area contributed by atoms with Crippen LogP contribution in [0, 0.1) is 0 Å². The van der Waals surface area contributed by atoms with Gasteiger partial charge in [-0.25, -0.2) is 0 Å². The zero-order chi connectivity index (χ0) is 17.2. The molecule has 0 aliphatic rings. The van der Waals surface area contributed by atoms with Gasteiger partial charge in [-0.15, -0.1) is 0 Å². The van der Waals surface area contributed by atoms with E-state index in [1.807, 2.05) is 0 Å². The molecule has 6 nitrogen and oxygen atoms in total. The van der Waals surface area contributed by atoms with Gasteiger partial charge in [-0.3, -0.25) is 9.59 Å². The first-order chi connectivity index (χ1) is 11.0. The van der Waals surface area contributed by atoms with Gasteiger partial charge in [-0.05, 0) is 24.1 Å². The molecule has 0 saturated carbocycles. The molecule has 0 bridgehead atoms. The third kappa shape index (κ3) is 6.59. The van der Waals surface area contributed by atoms with E-state index in [0.717, 1.165) is 24.8 Å². The molecule has 23 heavy (non-hydrogen) atoms. The van der Waals surface area contributed by atoms with Crippen LogP contribution in [0.3, 0.4) is 0 Å². The lowest BCUT2D eigenvalue weighted by Crippen LogP contribution is -2.39. The first-order valence-corrected chi connectivity index (χ1v) is 7.82. The highest BCUT2D eigenvalue weighted by molar-refractivity contribution is 5.76. The topological polar surface area (TPSA) is 76.7 Å². The third-order valence-corrected chi connectivity index (χ3v) is 3.22. The van der Waals surface area contributed by atoms with E-state index in [1.165, 1.54) is 13.8 Å². The number of ether oxygens (including phenoxy) is 2. The summed E-state index contributed by atoms with van der Waals surface area (Å²) in [5.74, 6) is 0.756. The lowest BCUT2D eigenvalue weighted by atomic mass is 10.1. The molecule has 6 heteroatoms. The van der Waals surface area contributed by atoms with E-state index in [9.17, 15) is 9.59 Å². The van der Waals surface area contributed by atoms with E-state index < -0.39 is 6.17 Å². The van der Waals surface area contributed by atoms with Gasteiger partial charge in [0.25, 0.3) is 0 Å². The molecular formula is C17H26N2O4. The standard InChI is InChI=1S/C17H26N2O4/c1-5-6-7-10-23-16-11-14(8-9-15(16)22-4)17(18-12(2)20)19-13(3)21/h8-9,11,17H,5-7,10H2,1-4H3,(H,18,20)(H,19,21). The summed E-state index contributed by atoms with van der Waals surface area (Å²) in [6.45, 7) is 5.53. The molecule has 0 saturated heterocycles. The number of carbonyl (C=O) groups excluding carboxylic acids is 2. The Morgan fingerprint density at radius 3 is 2.26 bits per heavy atom. The van der Waals surface area contributed by atoms with Crippen molar-refractivity contribution in [1.82, 2.24) is 10.6 Å². The largest absolute Gasteiger partial charge is 0.493 e. The molecule has 1 aromatic carbocycles. The van der Waals surface area contributed by atoms with Gasteiger partial charge in [0, 0.05) is 13.8 Å². The van der Waals surface area contributed by atoms with E-state index in [1.54, 1.807) is 25.3 Å². The van der Waals surface area contributed by atoms with Gasteiger partial charge in [0.05, 0.1) is 13.7 Å². The van der Waals surface area contributed by atoms with Crippen molar-refractivity contribution in [3.05, 3.63) is 23.8 Å². The van der Waals surface area contributed by atoms with Crippen LogP contribution in [0.15, 0.2) is 18.2 Å². The lowest BCUT2D eigenvalue weighted by molar-refractivity contribution is -0.122. The fraction of sp³-hybridized carbons (Fsp3) is 0.529. The Labute approximate surface area is 137 Å². The predicted octanol–water partition coefficient (Wildman–Crippen LogP) is 2.54. The minimum absolute atomic E-state index is 0.231. The number of benzene rings is 1. The van der Waals surface area contributed by atoms with Gasteiger partial charge in [-0.1, -0.05) is 25.8 Å². The minimum Gasteiger partial charge on any atom is -0.493 e. The molecule has 2 N–H and O–H groups in total. The molecule has 128 valence electrons. The van der Waals surface area contributed by atoms with Gasteiger partial charge in [0.15, 0.2) is 11.5 Å². The second-order valence-corrected chi connectivity index (χ2v) is 5.30. The van der Waals surface area contributed by atoms with Crippen LogP contribution in [0.5, 0.6) is 11.5 Å². The van der Waals surface area contributed by atoms with E-state index >= 15 is 0 Å². The Balaban J connectivity index is 2.95. The SMILES string of the molecule is CCCCCOc1cc(C(NC(C)=O)NC(C)=O)ccc1OC. The Bertz CT molecular complexity index is 515. The highest BCUT2D eigenvalue weighted by atomic mass is 16.5. The molecule has 0 aromatic heterocycles. The van der Waals surface area contributed by atoms with Gasteiger partial charge in [0.2, 0.25) is 11.8 Å². The molecule has 0 heterocycles. The number of rotatable bonds is 9. The van der Waals surface area contributed by atoms with E-state index in [0.29, 0.717) is 18.1 Å². The summed E-state index contributed by atoms with van der Waals surface area (Å²) in [5, 5.41) is 5.40.